The highest BCUT2D eigenvalue weighted by molar-refractivity contribution is 6.33. The van der Waals surface area contributed by atoms with Crippen LogP contribution in [0.15, 0.2) is 18.2 Å². The molecule has 3 N–H and O–H groups in total. The summed E-state index contributed by atoms with van der Waals surface area (Å²) in [5, 5.41) is 3.29. The number of nitrogens with two attached hydrogens (primary N) is 1. The Bertz CT molecular complexity index is 406. The van der Waals surface area contributed by atoms with Crippen LogP contribution in [0.3, 0.4) is 0 Å². The summed E-state index contributed by atoms with van der Waals surface area (Å²) < 4.78 is 0. The number of rotatable bonds is 4. The molecule has 94 valence electrons. The molecule has 0 saturated heterocycles. The fourth-order valence-corrected chi connectivity index (χ4v) is 1.73. The van der Waals surface area contributed by atoms with E-state index in [2.05, 4.69) is 5.32 Å². The molecule has 0 heterocycles. The van der Waals surface area contributed by atoms with Gasteiger partial charge >= 0.3 is 0 Å². The minimum atomic E-state index is -0.502. The second-order valence-electron chi connectivity index (χ2n) is 4.38. The first-order valence-corrected chi connectivity index (χ1v) is 6.16. The molecule has 0 aliphatic carbocycles. The molecule has 17 heavy (non-hydrogen) atoms. The molecular weight excluding hydrogens is 236 g/mol. The van der Waals surface area contributed by atoms with Gasteiger partial charge in [0, 0.05) is 0 Å². The zero-order chi connectivity index (χ0) is 13.0. The number of nitrogens with one attached hydrogen (secondary N) is 1. The van der Waals surface area contributed by atoms with Crippen molar-refractivity contribution in [1.82, 2.24) is 0 Å². The standard InChI is InChI=1S/C13H19ClN2O/c1-4-9(3)12(15)13(17)16-11-6-5-8(2)7-10(11)14/h5-7,9,12H,4,15H2,1-3H3,(H,16,17)/t9?,12-/m0/s1. The van der Waals surface area contributed by atoms with Crippen molar-refractivity contribution >= 4 is 23.2 Å². The highest BCUT2D eigenvalue weighted by Crippen LogP contribution is 2.23. The van der Waals surface area contributed by atoms with Crippen LogP contribution in [0.2, 0.25) is 5.02 Å². The number of hydrogen-bond donors (Lipinski definition) is 2. The normalized spacial score (nSPS) is 14.2. The summed E-state index contributed by atoms with van der Waals surface area (Å²) in [5.74, 6) is -0.0377. The molecule has 0 spiro atoms. The van der Waals surface area contributed by atoms with Gasteiger partial charge in [-0.1, -0.05) is 37.9 Å². The third-order valence-electron chi connectivity index (χ3n) is 2.94. The Hall–Kier alpha value is -1.06. The fraction of sp³-hybridized carbons (Fsp3) is 0.462. The average Bonchev–Trinajstić information content (AvgIpc) is 2.30. The highest BCUT2D eigenvalue weighted by atomic mass is 35.5. The van der Waals surface area contributed by atoms with E-state index in [1.807, 2.05) is 32.9 Å². The van der Waals surface area contributed by atoms with E-state index in [9.17, 15) is 4.79 Å². The van der Waals surface area contributed by atoms with Crippen molar-refractivity contribution in [3.05, 3.63) is 28.8 Å². The van der Waals surface area contributed by atoms with E-state index in [1.165, 1.54) is 0 Å². The smallest absolute Gasteiger partial charge is 0.241 e. The molecule has 0 aromatic heterocycles. The van der Waals surface area contributed by atoms with Crippen LogP contribution < -0.4 is 11.1 Å². The van der Waals surface area contributed by atoms with Crippen LogP contribution in [0.4, 0.5) is 5.69 Å². The van der Waals surface area contributed by atoms with Crippen LogP contribution in [-0.4, -0.2) is 11.9 Å². The van der Waals surface area contributed by atoms with Gasteiger partial charge in [0.05, 0.1) is 16.8 Å². The molecule has 1 unspecified atom stereocenters. The predicted molar refractivity (Wildman–Crippen MR) is 72.2 cm³/mol. The number of aryl methyl sites for hydroxylation is 1. The Balaban J connectivity index is 2.74. The fourth-order valence-electron chi connectivity index (χ4n) is 1.45. The van der Waals surface area contributed by atoms with Gasteiger partial charge in [0.1, 0.15) is 0 Å². The van der Waals surface area contributed by atoms with Crippen LogP contribution in [0.5, 0.6) is 0 Å². The summed E-state index contributed by atoms with van der Waals surface area (Å²) in [4.78, 5) is 11.9. The van der Waals surface area contributed by atoms with E-state index in [0.29, 0.717) is 10.7 Å². The zero-order valence-electron chi connectivity index (χ0n) is 10.5. The van der Waals surface area contributed by atoms with Crippen LogP contribution in [0, 0.1) is 12.8 Å². The lowest BCUT2D eigenvalue weighted by molar-refractivity contribution is -0.118. The topological polar surface area (TPSA) is 55.1 Å². The van der Waals surface area contributed by atoms with E-state index < -0.39 is 6.04 Å². The van der Waals surface area contributed by atoms with Crippen LogP contribution in [0.1, 0.15) is 25.8 Å². The Kier molecular flexibility index (Phi) is 4.97. The zero-order valence-corrected chi connectivity index (χ0v) is 11.2. The maximum absolute atomic E-state index is 11.9. The molecule has 0 saturated carbocycles. The van der Waals surface area contributed by atoms with E-state index in [-0.39, 0.29) is 11.8 Å². The molecule has 1 aromatic carbocycles. The number of carbonyl (C=O) groups excluding carboxylic acids is 1. The molecule has 0 aliphatic heterocycles. The van der Waals surface area contributed by atoms with Crippen LogP contribution in [0.25, 0.3) is 0 Å². The highest BCUT2D eigenvalue weighted by Gasteiger charge is 2.19. The van der Waals surface area contributed by atoms with Crippen molar-refractivity contribution in [3.8, 4) is 0 Å². The van der Waals surface area contributed by atoms with Crippen LogP contribution >= 0.6 is 11.6 Å². The third kappa shape index (κ3) is 3.72. The second-order valence-corrected chi connectivity index (χ2v) is 4.79. The molecule has 2 atom stereocenters. The average molecular weight is 255 g/mol. The first-order chi connectivity index (χ1) is 7.95. The SMILES string of the molecule is CCC(C)[C@H](N)C(=O)Nc1ccc(C)cc1Cl. The minimum absolute atomic E-state index is 0.152. The number of benzene rings is 1. The van der Waals surface area contributed by atoms with E-state index in [0.717, 1.165) is 12.0 Å². The summed E-state index contributed by atoms with van der Waals surface area (Å²) in [6, 6.07) is 5.00. The lowest BCUT2D eigenvalue weighted by Crippen LogP contribution is -2.40. The maximum atomic E-state index is 11.9. The summed E-state index contributed by atoms with van der Waals surface area (Å²) >= 11 is 6.04. The maximum Gasteiger partial charge on any atom is 0.241 e. The summed E-state index contributed by atoms with van der Waals surface area (Å²) in [6.45, 7) is 5.92. The molecule has 0 bridgehead atoms. The molecule has 1 rings (SSSR count). The summed E-state index contributed by atoms with van der Waals surface area (Å²) in [5.41, 5.74) is 7.51. The quantitative estimate of drug-likeness (QED) is 0.868. The van der Waals surface area contributed by atoms with Crippen LogP contribution in [-0.2, 0) is 4.79 Å². The lowest BCUT2D eigenvalue weighted by atomic mass is 9.99. The molecule has 1 aromatic rings. The van der Waals surface area contributed by atoms with E-state index >= 15 is 0 Å². The molecule has 0 aliphatic rings. The Labute approximate surface area is 107 Å². The van der Waals surface area contributed by atoms with E-state index in [4.69, 9.17) is 17.3 Å². The first kappa shape index (κ1) is 14.0. The lowest BCUT2D eigenvalue weighted by Gasteiger charge is -2.18. The number of halogens is 1. The van der Waals surface area contributed by atoms with Gasteiger partial charge < -0.3 is 11.1 Å². The number of hydrogen-bond acceptors (Lipinski definition) is 2. The largest absolute Gasteiger partial charge is 0.323 e. The van der Waals surface area contributed by atoms with Gasteiger partial charge in [0.15, 0.2) is 0 Å². The number of anilines is 1. The Morgan fingerprint density at radius 1 is 1.53 bits per heavy atom. The molecule has 1 amide bonds. The van der Waals surface area contributed by atoms with Crippen molar-refractivity contribution in [2.75, 3.05) is 5.32 Å². The van der Waals surface area contributed by atoms with Gasteiger partial charge in [0.2, 0.25) is 5.91 Å². The van der Waals surface area contributed by atoms with Crippen molar-refractivity contribution in [2.45, 2.75) is 33.2 Å². The van der Waals surface area contributed by atoms with Gasteiger partial charge in [-0.05, 0) is 30.5 Å². The predicted octanol–water partition coefficient (Wildman–Crippen LogP) is 2.96. The Morgan fingerprint density at radius 3 is 2.71 bits per heavy atom. The van der Waals surface area contributed by atoms with Crippen molar-refractivity contribution in [2.24, 2.45) is 11.7 Å². The monoisotopic (exact) mass is 254 g/mol. The molecular formula is C13H19ClN2O. The summed E-state index contributed by atoms with van der Waals surface area (Å²) in [6.07, 6.45) is 0.871. The van der Waals surface area contributed by atoms with Gasteiger partial charge in [-0.25, -0.2) is 0 Å². The van der Waals surface area contributed by atoms with Gasteiger partial charge in [-0.15, -0.1) is 0 Å². The molecule has 3 nitrogen and oxygen atoms in total. The first-order valence-electron chi connectivity index (χ1n) is 5.78. The number of amides is 1. The van der Waals surface area contributed by atoms with Crippen molar-refractivity contribution < 1.29 is 4.79 Å². The Morgan fingerprint density at radius 2 is 2.18 bits per heavy atom. The third-order valence-corrected chi connectivity index (χ3v) is 3.25. The number of carbonyl (C=O) groups is 1. The second kappa shape index (κ2) is 6.03. The van der Waals surface area contributed by atoms with E-state index in [1.54, 1.807) is 6.07 Å². The van der Waals surface area contributed by atoms with Crippen molar-refractivity contribution in [3.63, 3.8) is 0 Å². The van der Waals surface area contributed by atoms with Crippen molar-refractivity contribution in [1.29, 1.82) is 0 Å². The summed E-state index contributed by atoms with van der Waals surface area (Å²) in [7, 11) is 0. The van der Waals surface area contributed by atoms with Gasteiger partial charge in [-0.2, -0.15) is 0 Å². The molecule has 4 heteroatoms. The van der Waals surface area contributed by atoms with Gasteiger partial charge in [0.25, 0.3) is 0 Å². The van der Waals surface area contributed by atoms with Gasteiger partial charge in [-0.3, -0.25) is 4.79 Å². The molecule has 0 fully saturated rings. The molecule has 0 radical (unpaired) electrons. The minimum Gasteiger partial charge on any atom is -0.323 e.